The summed E-state index contributed by atoms with van der Waals surface area (Å²) >= 11 is 0. The molecule has 1 unspecified atom stereocenters. The maximum absolute atomic E-state index is 13.7. The summed E-state index contributed by atoms with van der Waals surface area (Å²) in [4.78, 5) is 38.0. The first-order valence-corrected chi connectivity index (χ1v) is 9.63. The summed E-state index contributed by atoms with van der Waals surface area (Å²) < 4.78 is 18.8. The standard InChI is InChI=1S/C21H28FNO4/c1-3-27-20(25)14-19(17-9-5-11-18(22)13-17)23-12-6-10-16(21(23)26)8-4-7-15(2)24/h5,9,11,13,16,19H,3-4,6-8,10,12,14H2,1-2H3/t16?,19-/m0/s1. The molecule has 1 heterocycles. The van der Waals surface area contributed by atoms with Gasteiger partial charge in [-0.15, -0.1) is 0 Å². The Hall–Kier alpha value is -2.24. The number of rotatable bonds is 9. The maximum Gasteiger partial charge on any atom is 0.308 e. The number of halogens is 1. The Morgan fingerprint density at radius 1 is 1.37 bits per heavy atom. The van der Waals surface area contributed by atoms with E-state index >= 15 is 0 Å². The van der Waals surface area contributed by atoms with Crippen molar-refractivity contribution in [3.63, 3.8) is 0 Å². The summed E-state index contributed by atoms with van der Waals surface area (Å²) in [6.45, 7) is 4.07. The molecule has 1 aliphatic heterocycles. The smallest absolute Gasteiger partial charge is 0.308 e. The number of carbonyl (C=O) groups excluding carboxylic acids is 3. The van der Waals surface area contributed by atoms with Crippen molar-refractivity contribution in [2.75, 3.05) is 13.2 Å². The van der Waals surface area contributed by atoms with E-state index in [1.807, 2.05) is 0 Å². The predicted octanol–water partition coefficient (Wildman–Crippen LogP) is 3.82. The minimum Gasteiger partial charge on any atom is -0.466 e. The lowest BCUT2D eigenvalue weighted by Crippen LogP contribution is -2.44. The van der Waals surface area contributed by atoms with Gasteiger partial charge >= 0.3 is 5.97 Å². The van der Waals surface area contributed by atoms with Crippen LogP contribution in [0.3, 0.4) is 0 Å². The maximum atomic E-state index is 13.7. The van der Waals surface area contributed by atoms with Crippen LogP contribution in [0.5, 0.6) is 0 Å². The SMILES string of the molecule is CCOC(=O)C[C@@H](c1cccc(F)c1)N1CCCC(CCCC(C)=O)C1=O. The summed E-state index contributed by atoms with van der Waals surface area (Å²) in [6, 6.07) is 5.49. The molecule has 0 N–H and O–H groups in total. The molecule has 27 heavy (non-hydrogen) atoms. The third-order valence-corrected chi connectivity index (χ3v) is 4.94. The summed E-state index contributed by atoms with van der Waals surface area (Å²) in [6.07, 6.45) is 3.42. The predicted molar refractivity (Wildman–Crippen MR) is 99.4 cm³/mol. The molecule has 1 saturated heterocycles. The van der Waals surface area contributed by atoms with Gasteiger partial charge in [0.2, 0.25) is 5.91 Å². The van der Waals surface area contributed by atoms with E-state index < -0.39 is 17.8 Å². The van der Waals surface area contributed by atoms with Crippen molar-refractivity contribution in [1.82, 2.24) is 4.90 Å². The van der Waals surface area contributed by atoms with E-state index in [-0.39, 0.29) is 30.6 Å². The van der Waals surface area contributed by atoms with Crippen LogP contribution in [0.25, 0.3) is 0 Å². The molecule has 1 fully saturated rings. The molecule has 2 atom stereocenters. The Balaban J connectivity index is 2.18. The number of likely N-dealkylation sites (tertiary alicyclic amines) is 1. The van der Waals surface area contributed by atoms with Crippen LogP contribution in [0, 0.1) is 11.7 Å². The van der Waals surface area contributed by atoms with E-state index in [2.05, 4.69) is 0 Å². The third kappa shape index (κ3) is 6.15. The topological polar surface area (TPSA) is 63.7 Å². The molecule has 0 aromatic heterocycles. The molecule has 0 bridgehead atoms. The van der Waals surface area contributed by atoms with Gasteiger partial charge in [-0.2, -0.15) is 0 Å². The molecule has 5 nitrogen and oxygen atoms in total. The molecule has 6 heteroatoms. The molecular formula is C21H28FNO4. The van der Waals surface area contributed by atoms with Gasteiger partial charge in [-0.25, -0.2) is 4.39 Å². The number of benzene rings is 1. The zero-order chi connectivity index (χ0) is 19.8. The van der Waals surface area contributed by atoms with Gasteiger partial charge in [0, 0.05) is 18.9 Å². The zero-order valence-electron chi connectivity index (χ0n) is 16.1. The monoisotopic (exact) mass is 377 g/mol. The van der Waals surface area contributed by atoms with Crippen molar-refractivity contribution in [2.24, 2.45) is 5.92 Å². The van der Waals surface area contributed by atoms with E-state index in [4.69, 9.17) is 4.74 Å². The largest absolute Gasteiger partial charge is 0.466 e. The van der Waals surface area contributed by atoms with Gasteiger partial charge in [0.1, 0.15) is 11.6 Å². The number of amides is 1. The Bertz CT molecular complexity index is 676. The first-order chi connectivity index (χ1) is 12.9. The Kier molecular flexibility index (Phi) is 7.95. The van der Waals surface area contributed by atoms with Crippen LogP contribution in [-0.4, -0.2) is 35.7 Å². The van der Waals surface area contributed by atoms with Crippen molar-refractivity contribution < 1.29 is 23.5 Å². The van der Waals surface area contributed by atoms with Crippen molar-refractivity contribution in [1.29, 1.82) is 0 Å². The van der Waals surface area contributed by atoms with Gasteiger partial charge in [0.05, 0.1) is 19.1 Å². The fourth-order valence-corrected chi connectivity index (χ4v) is 3.65. The van der Waals surface area contributed by atoms with Crippen LogP contribution in [0.1, 0.15) is 64.0 Å². The van der Waals surface area contributed by atoms with Crippen molar-refractivity contribution in [3.05, 3.63) is 35.6 Å². The number of hydrogen-bond donors (Lipinski definition) is 0. The number of carbonyl (C=O) groups is 3. The number of Topliss-reactive ketones (excluding diaryl/α,β-unsaturated/α-hetero) is 1. The van der Waals surface area contributed by atoms with Crippen molar-refractivity contribution >= 4 is 17.7 Å². The number of piperidine rings is 1. The number of ether oxygens (including phenoxy) is 1. The first kappa shape index (κ1) is 21.1. The van der Waals surface area contributed by atoms with E-state index in [0.717, 1.165) is 12.8 Å². The molecule has 1 aromatic rings. The lowest BCUT2D eigenvalue weighted by molar-refractivity contribution is -0.148. The zero-order valence-corrected chi connectivity index (χ0v) is 16.1. The third-order valence-electron chi connectivity index (χ3n) is 4.94. The quantitative estimate of drug-likeness (QED) is 0.614. The van der Waals surface area contributed by atoms with Gasteiger partial charge in [0.25, 0.3) is 0 Å². The molecule has 0 spiro atoms. The normalized spacial score (nSPS) is 18.3. The minimum absolute atomic E-state index is 0.00317. The van der Waals surface area contributed by atoms with Crippen molar-refractivity contribution in [2.45, 2.75) is 58.4 Å². The summed E-state index contributed by atoms with van der Waals surface area (Å²) in [5.74, 6) is -0.864. The Morgan fingerprint density at radius 3 is 2.81 bits per heavy atom. The van der Waals surface area contributed by atoms with Crippen LogP contribution in [-0.2, 0) is 19.1 Å². The highest BCUT2D eigenvalue weighted by atomic mass is 19.1. The molecule has 0 radical (unpaired) electrons. The highest BCUT2D eigenvalue weighted by Gasteiger charge is 2.35. The van der Waals surface area contributed by atoms with Gasteiger partial charge in [-0.3, -0.25) is 9.59 Å². The number of ketones is 1. The average Bonchev–Trinajstić information content (AvgIpc) is 2.61. The van der Waals surface area contributed by atoms with Crippen LogP contribution in [0.4, 0.5) is 4.39 Å². The van der Waals surface area contributed by atoms with E-state index in [9.17, 15) is 18.8 Å². The second kappa shape index (κ2) is 10.2. The molecule has 148 valence electrons. The Labute approximate surface area is 159 Å². The lowest BCUT2D eigenvalue weighted by atomic mass is 9.89. The number of nitrogens with zero attached hydrogens (tertiary/aromatic N) is 1. The van der Waals surface area contributed by atoms with Gasteiger partial charge in [-0.1, -0.05) is 12.1 Å². The fraction of sp³-hybridized carbons (Fsp3) is 0.571. The molecule has 1 aromatic carbocycles. The summed E-state index contributed by atoms with van der Waals surface area (Å²) in [7, 11) is 0. The average molecular weight is 377 g/mol. The summed E-state index contributed by atoms with van der Waals surface area (Å²) in [5.41, 5.74) is 0.598. The molecule has 2 rings (SSSR count). The van der Waals surface area contributed by atoms with E-state index in [1.54, 1.807) is 30.9 Å². The highest BCUT2D eigenvalue weighted by Crippen LogP contribution is 2.33. The number of hydrogen-bond acceptors (Lipinski definition) is 4. The molecular weight excluding hydrogens is 349 g/mol. The first-order valence-electron chi connectivity index (χ1n) is 9.63. The minimum atomic E-state index is -0.539. The molecule has 0 saturated carbocycles. The Morgan fingerprint density at radius 2 is 2.15 bits per heavy atom. The van der Waals surface area contributed by atoms with Gasteiger partial charge < -0.3 is 14.4 Å². The van der Waals surface area contributed by atoms with Crippen molar-refractivity contribution in [3.8, 4) is 0 Å². The van der Waals surface area contributed by atoms with Crippen LogP contribution in [0.2, 0.25) is 0 Å². The second-order valence-corrected chi connectivity index (χ2v) is 7.04. The second-order valence-electron chi connectivity index (χ2n) is 7.04. The fourth-order valence-electron chi connectivity index (χ4n) is 3.65. The van der Waals surface area contributed by atoms with Gasteiger partial charge in [0.15, 0.2) is 0 Å². The molecule has 0 aliphatic carbocycles. The van der Waals surface area contributed by atoms with Crippen LogP contribution >= 0.6 is 0 Å². The van der Waals surface area contributed by atoms with E-state index in [0.29, 0.717) is 31.4 Å². The summed E-state index contributed by atoms with van der Waals surface area (Å²) in [5, 5.41) is 0. The van der Waals surface area contributed by atoms with Gasteiger partial charge in [-0.05, 0) is 57.2 Å². The van der Waals surface area contributed by atoms with Crippen LogP contribution in [0.15, 0.2) is 24.3 Å². The van der Waals surface area contributed by atoms with E-state index in [1.165, 1.54) is 12.1 Å². The molecule has 1 amide bonds. The van der Waals surface area contributed by atoms with Crippen LogP contribution < -0.4 is 0 Å². The number of esters is 1. The lowest BCUT2D eigenvalue weighted by Gasteiger charge is -2.38. The molecule has 1 aliphatic rings. The highest BCUT2D eigenvalue weighted by molar-refractivity contribution is 5.81.